The average Bonchev–Trinajstić information content (AvgIpc) is 2.00. The van der Waals surface area contributed by atoms with Gasteiger partial charge in [-0.15, -0.1) is 0 Å². The molecule has 0 atom stereocenters. The molecule has 0 radical (unpaired) electrons. The number of carbonyl (C=O) groups excluding carboxylic acids is 1. The highest BCUT2D eigenvalue weighted by Crippen LogP contribution is 1.91. The van der Waals surface area contributed by atoms with Crippen LogP contribution in [0.1, 0.15) is 6.42 Å². The summed E-state index contributed by atoms with van der Waals surface area (Å²) in [5.41, 5.74) is 0. The fourth-order valence-corrected chi connectivity index (χ4v) is 0.882. The van der Waals surface area contributed by atoms with E-state index in [1.807, 2.05) is 14.1 Å². The lowest BCUT2D eigenvalue weighted by molar-refractivity contribution is -0.129. The minimum atomic E-state index is 0.162. The molecule has 0 rings (SSSR count). The molecule has 4 heteroatoms. The lowest BCUT2D eigenvalue weighted by atomic mass is 10.4. The number of hydrogen-bond acceptors (Lipinski definition) is 3. The van der Waals surface area contributed by atoms with Crippen molar-refractivity contribution in [2.75, 3.05) is 32.9 Å². The predicted octanol–water partition coefficient (Wildman–Crippen LogP) is -0.0159. The second-order valence-corrected chi connectivity index (χ2v) is 2.84. The number of rotatable bonds is 5. The van der Waals surface area contributed by atoms with Gasteiger partial charge in [0.2, 0.25) is 5.91 Å². The molecular formula is C7H16N2OS. The van der Waals surface area contributed by atoms with Crippen LogP contribution in [0.4, 0.5) is 0 Å². The number of likely N-dealkylation sites (N-methyl/N-ethyl adjacent to an activating group) is 2. The summed E-state index contributed by atoms with van der Waals surface area (Å²) in [6.07, 6.45) is 0.531. The maximum Gasteiger partial charge on any atom is 0.223 e. The summed E-state index contributed by atoms with van der Waals surface area (Å²) in [6.45, 7) is 1.61. The van der Waals surface area contributed by atoms with Gasteiger partial charge in [0.25, 0.3) is 0 Å². The number of hydrogen-bond donors (Lipinski definition) is 2. The van der Waals surface area contributed by atoms with Crippen molar-refractivity contribution in [2.24, 2.45) is 0 Å². The SMILES string of the molecule is CNCCN(C)C(=O)CCS. The van der Waals surface area contributed by atoms with Gasteiger partial charge in [0.05, 0.1) is 0 Å². The average molecular weight is 176 g/mol. The van der Waals surface area contributed by atoms with Crippen LogP contribution in [-0.2, 0) is 4.79 Å². The van der Waals surface area contributed by atoms with Gasteiger partial charge in [0, 0.05) is 26.6 Å². The number of carbonyl (C=O) groups is 1. The van der Waals surface area contributed by atoms with Gasteiger partial charge < -0.3 is 10.2 Å². The van der Waals surface area contributed by atoms with Crippen LogP contribution in [0.25, 0.3) is 0 Å². The largest absolute Gasteiger partial charge is 0.344 e. The van der Waals surface area contributed by atoms with E-state index in [9.17, 15) is 4.79 Å². The van der Waals surface area contributed by atoms with Gasteiger partial charge in [-0.2, -0.15) is 12.6 Å². The lowest BCUT2D eigenvalue weighted by Gasteiger charge is -2.15. The van der Waals surface area contributed by atoms with E-state index in [1.54, 1.807) is 4.90 Å². The zero-order valence-corrected chi connectivity index (χ0v) is 8.03. The maximum absolute atomic E-state index is 11.1. The molecule has 1 N–H and O–H groups in total. The molecule has 0 unspecified atom stereocenters. The van der Waals surface area contributed by atoms with Crippen molar-refractivity contribution < 1.29 is 4.79 Å². The second-order valence-electron chi connectivity index (χ2n) is 2.39. The van der Waals surface area contributed by atoms with Crippen LogP contribution in [0.5, 0.6) is 0 Å². The van der Waals surface area contributed by atoms with E-state index in [1.165, 1.54) is 0 Å². The van der Waals surface area contributed by atoms with Crippen molar-refractivity contribution in [1.29, 1.82) is 0 Å². The standard InChI is InChI=1S/C7H16N2OS/c1-8-4-5-9(2)7(10)3-6-11/h8,11H,3-6H2,1-2H3. The summed E-state index contributed by atoms with van der Waals surface area (Å²) < 4.78 is 0. The second kappa shape index (κ2) is 6.49. The van der Waals surface area contributed by atoms with Crippen LogP contribution in [0, 0.1) is 0 Å². The smallest absolute Gasteiger partial charge is 0.223 e. The monoisotopic (exact) mass is 176 g/mol. The Labute approximate surface area is 73.6 Å². The molecule has 0 aliphatic carbocycles. The molecule has 1 amide bonds. The van der Waals surface area contributed by atoms with E-state index in [-0.39, 0.29) is 5.91 Å². The first-order valence-electron chi connectivity index (χ1n) is 3.71. The summed E-state index contributed by atoms with van der Waals surface area (Å²) in [5.74, 6) is 0.790. The van der Waals surface area contributed by atoms with Crippen molar-refractivity contribution >= 4 is 18.5 Å². The summed E-state index contributed by atoms with van der Waals surface area (Å²) >= 11 is 3.98. The molecule has 0 aromatic carbocycles. The fraction of sp³-hybridized carbons (Fsp3) is 0.857. The minimum Gasteiger partial charge on any atom is -0.344 e. The Balaban J connectivity index is 3.46. The third-order valence-electron chi connectivity index (χ3n) is 1.45. The van der Waals surface area contributed by atoms with Crippen LogP contribution in [0.3, 0.4) is 0 Å². The molecule has 0 aliphatic heterocycles. The number of amides is 1. The first-order valence-corrected chi connectivity index (χ1v) is 4.35. The predicted molar refractivity (Wildman–Crippen MR) is 50.0 cm³/mol. The molecule has 11 heavy (non-hydrogen) atoms. The van der Waals surface area contributed by atoms with E-state index in [0.717, 1.165) is 13.1 Å². The maximum atomic E-state index is 11.1. The fourth-order valence-electron chi connectivity index (χ4n) is 0.691. The number of nitrogens with zero attached hydrogens (tertiary/aromatic N) is 1. The molecule has 0 aromatic rings. The molecule has 66 valence electrons. The first kappa shape index (κ1) is 10.8. The van der Waals surface area contributed by atoms with Gasteiger partial charge in [-0.25, -0.2) is 0 Å². The number of thiol groups is 1. The zero-order chi connectivity index (χ0) is 8.69. The van der Waals surface area contributed by atoms with Crippen molar-refractivity contribution in [3.63, 3.8) is 0 Å². The Kier molecular flexibility index (Phi) is 6.36. The third kappa shape index (κ3) is 5.09. The molecule has 0 aliphatic rings. The van der Waals surface area contributed by atoms with Gasteiger partial charge in [0.1, 0.15) is 0 Å². The number of nitrogens with one attached hydrogen (secondary N) is 1. The molecule has 0 fully saturated rings. The van der Waals surface area contributed by atoms with Gasteiger partial charge >= 0.3 is 0 Å². The Morgan fingerprint density at radius 2 is 2.27 bits per heavy atom. The molecule has 0 bridgehead atoms. The summed E-state index contributed by atoms with van der Waals surface area (Å²) in [5, 5.41) is 2.98. The third-order valence-corrected chi connectivity index (χ3v) is 1.67. The van der Waals surface area contributed by atoms with Crippen LogP contribution in [0.2, 0.25) is 0 Å². The van der Waals surface area contributed by atoms with Crippen molar-refractivity contribution in [3.05, 3.63) is 0 Å². The van der Waals surface area contributed by atoms with Crippen LogP contribution in [0.15, 0.2) is 0 Å². The molecule has 0 spiro atoms. The van der Waals surface area contributed by atoms with Crippen molar-refractivity contribution in [1.82, 2.24) is 10.2 Å². The van der Waals surface area contributed by atoms with Gasteiger partial charge in [-0.05, 0) is 12.8 Å². The van der Waals surface area contributed by atoms with Crippen molar-refractivity contribution in [2.45, 2.75) is 6.42 Å². The zero-order valence-electron chi connectivity index (χ0n) is 7.13. The highest BCUT2D eigenvalue weighted by molar-refractivity contribution is 7.80. The molecule has 0 saturated carbocycles. The van der Waals surface area contributed by atoms with E-state index in [4.69, 9.17) is 0 Å². The van der Waals surface area contributed by atoms with E-state index >= 15 is 0 Å². The Hall–Kier alpha value is -0.220. The van der Waals surface area contributed by atoms with Crippen LogP contribution >= 0.6 is 12.6 Å². The van der Waals surface area contributed by atoms with E-state index in [0.29, 0.717) is 12.2 Å². The van der Waals surface area contributed by atoms with Crippen LogP contribution in [-0.4, -0.2) is 43.7 Å². The quantitative estimate of drug-likeness (QED) is 0.577. The first-order chi connectivity index (χ1) is 5.22. The molecule has 3 nitrogen and oxygen atoms in total. The Morgan fingerprint density at radius 3 is 2.73 bits per heavy atom. The van der Waals surface area contributed by atoms with Crippen molar-refractivity contribution in [3.8, 4) is 0 Å². The normalized spacial score (nSPS) is 9.73. The minimum absolute atomic E-state index is 0.162. The van der Waals surface area contributed by atoms with E-state index < -0.39 is 0 Å². The summed E-state index contributed by atoms with van der Waals surface area (Å²) in [4.78, 5) is 12.8. The topological polar surface area (TPSA) is 32.3 Å². The Bertz CT molecular complexity index is 119. The molecule has 0 aromatic heterocycles. The summed E-state index contributed by atoms with van der Waals surface area (Å²) in [7, 11) is 3.68. The van der Waals surface area contributed by atoms with E-state index in [2.05, 4.69) is 17.9 Å². The highest BCUT2D eigenvalue weighted by atomic mass is 32.1. The van der Waals surface area contributed by atoms with Gasteiger partial charge in [-0.3, -0.25) is 4.79 Å². The molecule has 0 saturated heterocycles. The molecular weight excluding hydrogens is 160 g/mol. The Morgan fingerprint density at radius 1 is 1.64 bits per heavy atom. The molecule has 0 heterocycles. The highest BCUT2D eigenvalue weighted by Gasteiger charge is 2.05. The lowest BCUT2D eigenvalue weighted by Crippen LogP contribution is -2.32. The van der Waals surface area contributed by atoms with Crippen LogP contribution < -0.4 is 5.32 Å². The van der Waals surface area contributed by atoms with Gasteiger partial charge in [-0.1, -0.05) is 0 Å². The van der Waals surface area contributed by atoms with Gasteiger partial charge in [0.15, 0.2) is 0 Å². The summed E-state index contributed by atoms with van der Waals surface area (Å²) in [6, 6.07) is 0.